The number of hydrogen-bond donors (Lipinski definition) is 1. The first-order valence-corrected chi connectivity index (χ1v) is 8.09. The Morgan fingerprint density at radius 2 is 2.09 bits per heavy atom. The van der Waals surface area contributed by atoms with Crippen LogP contribution in [0.25, 0.3) is 0 Å². The number of aryl methyl sites for hydroxylation is 1. The van der Waals surface area contributed by atoms with Crippen LogP contribution in [0, 0.1) is 24.1 Å². The summed E-state index contributed by atoms with van der Waals surface area (Å²) in [7, 11) is 0. The third kappa shape index (κ3) is 4.57. The molecule has 0 aliphatic carbocycles. The van der Waals surface area contributed by atoms with Crippen LogP contribution in [0.3, 0.4) is 0 Å². The van der Waals surface area contributed by atoms with E-state index in [1.54, 1.807) is 25.1 Å². The minimum atomic E-state index is -0.400. The first-order chi connectivity index (χ1) is 11.0. The summed E-state index contributed by atoms with van der Waals surface area (Å²) in [5, 5.41) is 11.7. The van der Waals surface area contributed by atoms with Crippen LogP contribution in [-0.4, -0.2) is 11.2 Å². The van der Waals surface area contributed by atoms with Crippen LogP contribution in [0.15, 0.2) is 47.4 Å². The third-order valence-corrected chi connectivity index (χ3v) is 4.46. The second-order valence-corrected chi connectivity index (χ2v) is 6.69. The highest BCUT2D eigenvalue weighted by atomic mass is 32.2. The van der Waals surface area contributed by atoms with Gasteiger partial charge in [-0.05, 0) is 36.8 Å². The summed E-state index contributed by atoms with van der Waals surface area (Å²) < 4.78 is 13.6. The van der Waals surface area contributed by atoms with E-state index in [2.05, 4.69) is 11.4 Å². The maximum absolute atomic E-state index is 13.6. The van der Waals surface area contributed by atoms with Gasteiger partial charge in [0.2, 0.25) is 0 Å². The predicted octanol–water partition coefficient (Wildman–Crippen LogP) is 4.78. The number of thioether (sulfide) groups is 1. The number of anilines is 1. The van der Waals surface area contributed by atoms with Crippen LogP contribution in [0.1, 0.15) is 29.3 Å². The van der Waals surface area contributed by atoms with Crippen LogP contribution >= 0.6 is 11.8 Å². The lowest BCUT2D eigenvalue weighted by Gasteiger charge is -2.13. The molecule has 118 valence electrons. The molecule has 2 rings (SSSR count). The van der Waals surface area contributed by atoms with E-state index < -0.39 is 5.82 Å². The Bertz CT molecular complexity index is 755. The van der Waals surface area contributed by atoms with Crippen LogP contribution in [0.5, 0.6) is 0 Å². The molecule has 0 radical (unpaired) electrons. The average molecular weight is 328 g/mol. The number of rotatable bonds is 5. The van der Waals surface area contributed by atoms with E-state index in [4.69, 9.17) is 5.26 Å². The SMILES string of the molecule is Cc1ccc(C(=O)Nc2ccccc2SC(C)CC#N)cc1F. The van der Waals surface area contributed by atoms with Gasteiger partial charge in [-0.3, -0.25) is 4.79 Å². The quantitative estimate of drug-likeness (QED) is 0.804. The normalized spacial score (nSPS) is 11.6. The van der Waals surface area contributed by atoms with Crippen LogP contribution in [0.4, 0.5) is 10.1 Å². The van der Waals surface area contributed by atoms with Gasteiger partial charge < -0.3 is 5.32 Å². The number of benzene rings is 2. The molecule has 1 N–H and O–H groups in total. The van der Waals surface area contributed by atoms with Gasteiger partial charge in [0.25, 0.3) is 5.91 Å². The van der Waals surface area contributed by atoms with Crippen LogP contribution in [0.2, 0.25) is 0 Å². The van der Waals surface area contributed by atoms with Crippen LogP contribution < -0.4 is 5.32 Å². The summed E-state index contributed by atoms with van der Waals surface area (Å²) in [4.78, 5) is 13.2. The van der Waals surface area contributed by atoms with Gasteiger partial charge in [0, 0.05) is 22.1 Å². The van der Waals surface area contributed by atoms with E-state index in [1.165, 1.54) is 17.8 Å². The van der Waals surface area contributed by atoms with Crippen molar-refractivity contribution >= 4 is 23.4 Å². The van der Waals surface area contributed by atoms with Crippen molar-refractivity contribution in [2.75, 3.05) is 5.32 Å². The Morgan fingerprint density at radius 1 is 1.35 bits per heavy atom. The summed E-state index contributed by atoms with van der Waals surface area (Å²) in [5.41, 5.74) is 1.44. The number of amides is 1. The molecule has 1 atom stereocenters. The van der Waals surface area contributed by atoms with Crippen molar-refractivity contribution in [3.63, 3.8) is 0 Å². The predicted molar refractivity (Wildman–Crippen MR) is 91.1 cm³/mol. The molecular weight excluding hydrogens is 311 g/mol. The van der Waals surface area contributed by atoms with Gasteiger partial charge in [-0.1, -0.05) is 25.1 Å². The highest BCUT2D eigenvalue weighted by Gasteiger charge is 2.12. The fraction of sp³-hybridized carbons (Fsp3) is 0.222. The number of para-hydroxylation sites is 1. The molecule has 23 heavy (non-hydrogen) atoms. The number of nitrogens with zero attached hydrogens (tertiary/aromatic N) is 1. The summed E-state index contributed by atoms with van der Waals surface area (Å²) in [6, 6.07) is 13.9. The molecule has 3 nitrogen and oxygen atoms in total. The first kappa shape index (κ1) is 17.0. The summed E-state index contributed by atoms with van der Waals surface area (Å²) in [6.45, 7) is 3.61. The van der Waals surface area contributed by atoms with Crippen molar-refractivity contribution in [1.29, 1.82) is 5.26 Å². The molecule has 1 amide bonds. The van der Waals surface area contributed by atoms with Crippen molar-refractivity contribution in [3.8, 4) is 6.07 Å². The maximum Gasteiger partial charge on any atom is 0.255 e. The summed E-state index contributed by atoms with van der Waals surface area (Å²) in [5.74, 6) is -0.757. The topological polar surface area (TPSA) is 52.9 Å². The first-order valence-electron chi connectivity index (χ1n) is 7.21. The summed E-state index contributed by atoms with van der Waals surface area (Å²) in [6.07, 6.45) is 0.427. The molecule has 0 fully saturated rings. The number of nitrogens with one attached hydrogen (secondary N) is 1. The third-order valence-electron chi connectivity index (χ3n) is 3.28. The van der Waals surface area contributed by atoms with E-state index >= 15 is 0 Å². The van der Waals surface area contributed by atoms with Crippen molar-refractivity contribution in [3.05, 3.63) is 59.4 Å². The maximum atomic E-state index is 13.6. The number of halogens is 1. The van der Waals surface area contributed by atoms with Crippen LogP contribution in [-0.2, 0) is 0 Å². The highest BCUT2D eigenvalue weighted by molar-refractivity contribution is 8.00. The zero-order chi connectivity index (χ0) is 16.8. The average Bonchev–Trinajstić information content (AvgIpc) is 2.52. The molecule has 0 heterocycles. The Balaban J connectivity index is 2.17. The Hall–Kier alpha value is -2.32. The molecule has 1 unspecified atom stereocenters. The Kier molecular flexibility index (Phi) is 5.78. The van der Waals surface area contributed by atoms with E-state index in [1.807, 2.05) is 25.1 Å². The van der Waals surface area contributed by atoms with Crippen molar-refractivity contribution in [1.82, 2.24) is 0 Å². The lowest BCUT2D eigenvalue weighted by Crippen LogP contribution is -2.13. The standard InChI is InChI=1S/C18H17FN2OS/c1-12-7-8-14(11-15(12)19)18(22)21-16-5-3-4-6-17(16)23-13(2)9-10-20/h3-8,11,13H,9H2,1-2H3,(H,21,22). The monoisotopic (exact) mass is 328 g/mol. The van der Waals surface area contributed by atoms with Gasteiger partial charge in [-0.25, -0.2) is 4.39 Å². The minimum absolute atomic E-state index is 0.120. The van der Waals surface area contributed by atoms with Gasteiger partial charge in [0.1, 0.15) is 5.82 Å². The van der Waals surface area contributed by atoms with E-state index in [0.29, 0.717) is 17.7 Å². The largest absolute Gasteiger partial charge is 0.321 e. The molecule has 2 aromatic carbocycles. The van der Waals surface area contributed by atoms with Gasteiger partial charge in [-0.15, -0.1) is 11.8 Å². The smallest absolute Gasteiger partial charge is 0.255 e. The van der Waals surface area contributed by atoms with E-state index in [0.717, 1.165) is 4.90 Å². The molecule has 5 heteroatoms. The zero-order valence-electron chi connectivity index (χ0n) is 13.0. The fourth-order valence-electron chi connectivity index (χ4n) is 1.99. The van der Waals surface area contributed by atoms with Gasteiger partial charge >= 0.3 is 0 Å². The fourth-order valence-corrected chi connectivity index (χ4v) is 2.98. The highest BCUT2D eigenvalue weighted by Crippen LogP contribution is 2.31. The second-order valence-electron chi connectivity index (χ2n) is 5.20. The minimum Gasteiger partial charge on any atom is -0.321 e. The van der Waals surface area contributed by atoms with Crippen molar-refractivity contribution in [2.45, 2.75) is 30.4 Å². The molecule has 0 aliphatic heterocycles. The number of carbonyl (C=O) groups is 1. The van der Waals surface area contributed by atoms with E-state index in [-0.39, 0.29) is 16.7 Å². The number of nitriles is 1. The summed E-state index contributed by atoms with van der Waals surface area (Å²) >= 11 is 1.53. The van der Waals surface area contributed by atoms with Gasteiger partial charge in [-0.2, -0.15) is 5.26 Å². The molecule has 0 aromatic heterocycles. The Morgan fingerprint density at radius 3 is 2.78 bits per heavy atom. The molecule has 0 aliphatic rings. The van der Waals surface area contributed by atoms with Gasteiger partial charge in [0.15, 0.2) is 0 Å². The molecule has 0 spiro atoms. The lowest BCUT2D eigenvalue weighted by atomic mass is 10.1. The number of hydrogen-bond acceptors (Lipinski definition) is 3. The lowest BCUT2D eigenvalue weighted by molar-refractivity contribution is 0.102. The molecular formula is C18H17FN2OS. The molecule has 0 saturated heterocycles. The van der Waals surface area contributed by atoms with Gasteiger partial charge in [0.05, 0.1) is 11.8 Å². The molecule has 0 bridgehead atoms. The Labute approximate surface area is 139 Å². The van der Waals surface area contributed by atoms with Crippen molar-refractivity contribution < 1.29 is 9.18 Å². The second kappa shape index (κ2) is 7.80. The van der Waals surface area contributed by atoms with E-state index in [9.17, 15) is 9.18 Å². The zero-order valence-corrected chi connectivity index (χ0v) is 13.8. The molecule has 2 aromatic rings. The molecule has 0 saturated carbocycles. The number of carbonyl (C=O) groups excluding carboxylic acids is 1. The van der Waals surface area contributed by atoms with Crippen molar-refractivity contribution in [2.24, 2.45) is 0 Å².